The number of aryl methyl sites for hydroxylation is 1. The summed E-state index contributed by atoms with van der Waals surface area (Å²) in [7, 11) is 4.06. The number of hydrogen-bond acceptors (Lipinski definition) is 4. The first-order valence-corrected chi connectivity index (χ1v) is 6.91. The van der Waals surface area contributed by atoms with E-state index in [0.29, 0.717) is 11.5 Å². The van der Waals surface area contributed by atoms with Crippen molar-refractivity contribution < 1.29 is 9.90 Å². The molecule has 0 atom stereocenters. The third-order valence-electron chi connectivity index (χ3n) is 2.91. The summed E-state index contributed by atoms with van der Waals surface area (Å²) in [4.78, 5) is 19.9. The van der Waals surface area contributed by atoms with Gasteiger partial charge in [-0.3, -0.25) is 0 Å². The largest absolute Gasteiger partial charge is 0.478 e. The normalized spacial score (nSPS) is 11.2. The van der Waals surface area contributed by atoms with Crippen LogP contribution in [0.2, 0.25) is 0 Å². The molecular weight excluding hydrogens is 254 g/mol. The number of likely N-dealkylation sites (N-methyl/N-ethyl adjacent to an activating group) is 1. The van der Waals surface area contributed by atoms with Gasteiger partial charge in [-0.05, 0) is 39.1 Å². The van der Waals surface area contributed by atoms with Gasteiger partial charge in [-0.2, -0.15) is 0 Å². The Kier molecular flexibility index (Phi) is 5.95. The van der Waals surface area contributed by atoms with Crippen molar-refractivity contribution in [1.29, 1.82) is 0 Å². The summed E-state index contributed by atoms with van der Waals surface area (Å²) in [6, 6.07) is 3.26. The smallest absolute Gasteiger partial charge is 0.335 e. The van der Waals surface area contributed by atoms with E-state index in [2.05, 4.69) is 28.6 Å². The third kappa shape index (κ3) is 5.17. The molecule has 0 amide bonds. The molecule has 0 aliphatic carbocycles. The first-order valence-electron chi connectivity index (χ1n) is 6.91. The molecule has 0 aliphatic heterocycles. The lowest BCUT2D eigenvalue weighted by Gasteiger charge is -2.27. The summed E-state index contributed by atoms with van der Waals surface area (Å²) in [5, 5.41) is 9.16. The van der Waals surface area contributed by atoms with Gasteiger partial charge in [-0.15, -0.1) is 0 Å². The summed E-state index contributed by atoms with van der Waals surface area (Å²) in [5.41, 5.74) is 1.03. The number of anilines is 1. The molecule has 5 nitrogen and oxygen atoms in total. The average Bonchev–Trinajstić information content (AvgIpc) is 2.32. The predicted octanol–water partition coefficient (Wildman–Crippen LogP) is 2.11. The molecule has 112 valence electrons. The topological polar surface area (TPSA) is 56.7 Å². The molecule has 1 rings (SSSR count). The van der Waals surface area contributed by atoms with Crippen LogP contribution in [0.5, 0.6) is 0 Å². The van der Waals surface area contributed by atoms with Gasteiger partial charge in [0, 0.05) is 25.3 Å². The summed E-state index contributed by atoms with van der Waals surface area (Å²) in [5.74, 6) is 0.333. The monoisotopic (exact) mass is 279 g/mol. The quantitative estimate of drug-likeness (QED) is 0.828. The molecule has 0 unspecified atom stereocenters. The Balaban J connectivity index is 3.02. The van der Waals surface area contributed by atoms with E-state index in [0.717, 1.165) is 31.1 Å². The molecule has 0 bridgehead atoms. The minimum Gasteiger partial charge on any atom is -0.478 e. The van der Waals surface area contributed by atoms with Gasteiger partial charge < -0.3 is 14.9 Å². The number of pyridine rings is 1. The van der Waals surface area contributed by atoms with Crippen LogP contribution in [0.4, 0.5) is 5.82 Å². The number of carbonyl (C=O) groups is 1. The van der Waals surface area contributed by atoms with E-state index in [1.54, 1.807) is 12.1 Å². The maximum absolute atomic E-state index is 11.2. The Hall–Kier alpha value is -1.62. The highest BCUT2D eigenvalue weighted by Gasteiger charge is 2.14. The van der Waals surface area contributed by atoms with Gasteiger partial charge >= 0.3 is 5.97 Å². The summed E-state index contributed by atoms with van der Waals surface area (Å²) < 4.78 is 0. The van der Waals surface area contributed by atoms with Crippen LogP contribution in [-0.4, -0.2) is 54.7 Å². The van der Waals surface area contributed by atoms with Crippen molar-refractivity contribution in [3.05, 3.63) is 23.4 Å². The van der Waals surface area contributed by atoms with E-state index in [4.69, 9.17) is 5.11 Å². The first kappa shape index (κ1) is 16.4. The highest BCUT2D eigenvalue weighted by atomic mass is 16.4. The Morgan fingerprint density at radius 3 is 2.45 bits per heavy atom. The van der Waals surface area contributed by atoms with E-state index in [-0.39, 0.29) is 0 Å². The number of nitrogens with zero attached hydrogens (tertiary/aromatic N) is 3. The SMILES string of the molecule is Cc1cc(C(=O)O)cc(N(CCN(C)C)CC(C)C)n1. The van der Waals surface area contributed by atoms with Gasteiger partial charge in [-0.1, -0.05) is 13.8 Å². The Labute approximate surface area is 121 Å². The molecule has 0 aromatic carbocycles. The lowest BCUT2D eigenvalue weighted by molar-refractivity contribution is 0.0696. The Morgan fingerprint density at radius 1 is 1.30 bits per heavy atom. The maximum Gasteiger partial charge on any atom is 0.335 e. The van der Waals surface area contributed by atoms with Crippen LogP contribution in [0, 0.1) is 12.8 Å². The van der Waals surface area contributed by atoms with E-state index in [1.165, 1.54) is 0 Å². The molecule has 0 fully saturated rings. The first-order chi connectivity index (χ1) is 9.29. The second-order valence-corrected chi connectivity index (χ2v) is 5.80. The average molecular weight is 279 g/mol. The molecule has 0 radical (unpaired) electrons. The van der Waals surface area contributed by atoms with Crippen LogP contribution in [0.1, 0.15) is 29.9 Å². The Bertz CT molecular complexity index is 458. The Morgan fingerprint density at radius 2 is 1.95 bits per heavy atom. The summed E-state index contributed by atoms with van der Waals surface area (Å²) in [6.45, 7) is 8.73. The molecule has 1 aromatic heterocycles. The maximum atomic E-state index is 11.2. The molecule has 0 spiro atoms. The second-order valence-electron chi connectivity index (χ2n) is 5.80. The van der Waals surface area contributed by atoms with Crippen LogP contribution in [0.3, 0.4) is 0 Å². The molecule has 0 saturated carbocycles. The molecule has 1 aromatic rings. The van der Waals surface area contributed by atoms with Crippen LogP contribution in [0.25, 0.3) is 0 Å². The number of rotatable bonds is 7. The molecule has 0 saturated heterocycles. The zero-order valence-corrected chi connectivity index (χ0v) is 13.1. The molecule has 0 aliphatic rings. The van der Waals surface area contributed by atoms with Crippen LogP contribution < -0.4 is 4.90 Å². The highest BCUT2D eigenvalue weighted by Crippen LogP contribution is 2.16. The van der Waals surface area contributed by atoms with Crippen molar-refractivity contribution >= 4 is 11.8 Å². The zero-order chi connectivity index (χ0) is 15.3. The van der Waals surface area contributed by atoms with Gasteiger partial charge in [0.15, 0.2) is 0 Å². The lowest BCUT2D eigenvalue weighted by atomic mass is 10.2. The van der Waals surface area contributed by atoms with E-state index in [9.17, 15) is 4.79 Å². The van der Waals surface area contributed by atoms with Crippen molar-refractivity contribution in [1.82, 2.24) is 9.88 Å². The van der Waals surface area contributed by atoms with Crippen molar-refractivity contribution in [2.45, 2.75) is 20.8 Å². The van der Waals surface area contributed by atoms with Gasteiger partial charge in [-0.25, -0.2) is 9.78 Å². The second kappa shape index (κ2) is 7.24. The lowest BCUT2D eigenvalue weighted by Crippen LogP contribution is -2.35. The number of aromatic carboxylic acids is 1. The van der Waals surface area contributed by atoms with Gasteiger partial charge in [0.25, 0.3) is 0 Å². The van der Waals surface area contributed by atoms with Crippen LogP contribution in [-0.2, 0) is 0 Å². The fourth-order valence-corrected chi connectivity index (χ4v) is 2.00. The van der Waals surface area contributed by atoms with Crippen LogP contribution >= 0.6 is 0 Å². The summed E-state index contributed by atoms with van der Waals surface area (Å²) in [6.07, 6.45) is 0. The van der Waals surface area contributed by atoms with Gasteiger partial charge in [0.1, 0.15) is 5.82 Å². The van der Waals surface area contributed by atoms with Gasteiger partial charge in [0.05, 0.1) is 5.56 Å². The number of carboxylic acids is 1. The highest BCUT2D eigenvalue weighted by molar-refractivity contribution is 5.88. The minimum atomic E-state index is -0.908. The van der Waals surface area contributed by atoms with Crippen molar-refractivity contribution in [3.8, 4) is 0 Å². The minimum absolute atomic E-state index is 0.297. The van der Waals surface area contributed by atoms with Crippen molar-refractivity contribution in [3.63, 3.8) is 0 Å². The molecule has 20 heavy (non-hydrogen) atoms. The zero-order valence-electron chi connectivity index (χ0n) is 13.1. The molecule has 1 heterocycles. The molecular formula is C15H25N3O2. The fourth-order valence-electron chi connectivity index (χ4n) is 2.00. The molecule has 5 heteroatoms. The summed E-state index contributed by atoms with van der Waals surface area (Å²) >= 11 is 0. The number of hydrogen-bond donors (Lipinski definition) is 1. The van der Waals surface area contributed by atoms with Gasteiger partial charge in [0.2, 0.25) is 0 Å². The predicted molar refractivity (Wildman–Crippen MR) is 81.5 cm³/mol. The van der Waals surface area contributed by atoms with E-state index in [1.807, 2.05) is 21.0 Å². The third-order valence-corrected chi connectivity index (χ3v) is 2.91. The number of carboxylic acid groups (broad SMARTS) is 1. The molecule has 1 N–H and O–H groups in total. The van der Waals surface area contributed by atoms with E-state index < -0.39 is 5.97 Å². The fraction of sp³-hybridized carbons (Fsp3) is 0.600. The standard InChI is InChI=1S/C15H25N3O2/c1-11(2)10-18(7-6-17(4)5)14-9-13(15(19)20)8-12(3)16-14/h8-9,11H,6-7,10H2,1-5H3,(H,19,20). The van der Waals surface area contributed by atoms with Crippen molar-refractivity contribution in [2.24, 2.45) is 5.92 Å². The van der Waals surface area contributed by atoms with E-state index >= 15 is 0 Å². The number of aromatic nitrogens is 1. The van der Waals surface area contributed by atoms with Crippen molar-refractivity contribution in [2.75, 3.05) is 38.6 Å². The van der Waals surface area contributed by atoms with Crippen LogP contribution in [0.15, 0.2) is 12.1 Å².